The zero-order valence-corrected chi connectivity index (χ0v) is 16.0. The first-order valence-electron chi connectivity index (χ1n) is 8.51. The highest BCUT2D eigenvalue weighted by molar-refractivity contribution is 6.33. The molecular formula is C20H14ClN7O. The molecule has 0 aliphatic heterocycles. The van der Waals surface area contributed by atoms with Crippen LogP contribution in [0.25, 0.3) is 16.8 Å². The summed E-state index contributed by atoms with van der Waals surface area (Å²) in [5.41, 5.74) is 8.68. The number of halogens is 1. The molecule has 4 rings (SSSR count). The van der Waals surface area contributed by atoms with Crippen LogP contribution >= 0.6 is 11.6 Å². The van der Waals surface area contributed by atoms with E-state index in [1.807, 2.05) is 12.1 Å². The van der Waals surface area contributed by atoms with Crippen molar-refractivity contribution < 1.29 is 4.79 Å². The highest BCUT2D eigenvalue weighted by Gasteiger charge is 2.16. The molecule has 0 aliphatic carbocycles. The van der Waals surface area contributed by atoms with Crippen molar-refractivity contribution in [1.29, 1.82) is 5.26 Å². The van der Waals surface area contributed by atoms with Gasteiger partial charge in [0.25, 0.3) is 5.91 Å². The number of nitrogens with two attached hydrogens (primary N) is 1. The predicted molar refractivity (Wildman–Crippen MR) is 110 cm³/mol. The Morgan fingerprint density at radius 3 is 2.72 bits per heavy atom. The molecule has 0 atom stereocenters. The van der Waals surface area contributed by atoms with Crippen molar-refractivity contribution in [3.05, 3.63) is 71.1 Å². The van der Waals surface area contributed by atoms with E-state index in [1.54, 1.807) is 54.3 Å². The van der Waals surface area contributed by atoms with Crippen molar-refractivity contribution in [1.82, 2.24) is 19.6 Å². The van der Waals surface area contributed by atoms with Gasteiger partial charge in [-0.2, -0.15) is 10.4 Å². The largest absolute Gasteiger partial charge is 0.382 e. The second-order valence-electron chi connectivity index (χ2n) is 6.29. The lowest BCUT2D eigenvalue weighted by Crippen LogP contribution is -2.27. The molecule has 0 spiro atoms. The van der Waals surface area contributed by atoms with E-state index in [0.29, 0.717) is 27.7 Å². The molecule has 0 aromatic carbocycles. The topological polar surface area (TPSA) is 113 Å². The second kappa shape index (κ2) is 7.22. The van der Waals surface area contributed by atoms with Gasteiger partial charge in [0.2, 0.25) is 0 Å². The summed E-state index contributed by atoms with van der Waals surface area (Å²) in [5.74, 6) is 0.474. The molecule has 142 valence electrons. The van der Waals surface area contributed by atoms with Gasteiger partial charge in [-0.05, 0) is 36.4 Å². The summed E-state index contributed by atoms with van der Waals surface area (Å²) < 4.78 is 1.66. The van der Waals surface area contributed by atoms with Crippen LogP contribution in [0.1, 0.15) is 15.9 Å². The number of carbonyl (C=O) groups excluding carboxylic acids is 1. The number of anilines is 2. The Kier molecular flexibility index (Phi) is 4.58. The summed E-state index contributed by atoms with van der Waals surface area (Å²) in [4.78, 5) is 22.5. The van der Waals surface area contributed by atoms with Crippen LogP contribution in [0.4, 0.5) is 11.6 Å². The third-order valence-corrected chi connectivity index (χ3v) is 4.70. The fourth-order valence-electron chi connectivity index (χ4n) is 2.81. The van der Waals surface area contributed by atoms with Crippen LogP contribution < -0.4 is 10.6 Å². The molecule has 8 nitrogen and oxygen atoms in total. The van der Waals surface area contributed by atoms with Gasteiger partial charge < -0.3 is 5.73 Å². The number of aromatic nitrogens is 4. The van der Waals surface area contributed by atoms with E-state index in [1.165, 1.54) is 11.1 Å². The number of hydrogen-bond donors (Lipinski definition) is 1. The van der Waals surface area contributed by atoms with E-state index in [2.05, 4.69) is 15.1 Å². The minimum absolute atomic E-state index is 0.232. The van der Waals surface area contributed by atoms with Crippen molar-refractivity contribution in [3.8, 4) is 17.3 Å². The van der Waals surface area contributed by atoms with E-state index in [-0.39, 0.29) is 11.7 Å². The SMILES string of the molecule is CN(C(=O)c1ccn2nc(-c3cnc(N)c(Cl)c3)cc2c1)c1ccc(C#N)cn1. The molecule has 2 N–H and O–H groups in total. The molecule has 1 amide bonds. The van der Waals surface area contributed by atoms with Gasteiger partial charge in [0.1, 0.15) is 17.7 Å². The molecule has 4 heterocycles. The molecule has 4 aromatic heterocycles. The monoisotopic (exact) mass is 403 g/mol. The minimum Gasteiger partial charge on any atom is -0.382 e. The Labute approximate surface area is 170 Å². The lowest BCUT2D eigenvalue weighted by molar-refractivity contribution is 0.0992. The van der Waals surface area contributed by atoms with Gasteiger partial charge in [-0.15, -0.1) is 0 Å². The maximum Gasteiger partial charge on any atom is 0.259 e. The van der Waals surface area contributed by atoms with Gasteiger partial charge >= 0.3 is 0 Å². The van der Waals surface area contributed by atoms with Crippen molar-refractivity contribution in [2.45, 2.75) is 0 Å². The fourth-order valence-corrected chi connectivity index (χ4v) is 2.97. The van der Waals surface area contributed by atoms with E-state index in [4.69, 9.17) is 22.6 Å². The van der Waals surface area contributed by atoms with Gasteiger partial charge in [-0.1, -0.05) is 11.6 Å². The number of amides is 1. The van der Waals surface area contributed by atoms with Crippen molar-refractivity contribution in [2.24, 2.45) is 0 Å². The van der Waals surface area contributed by atoms with Crippen LogP contribution in [0.15, 0.2) is 55.0 Å². The first-order chi connectivity index (χ1) is 14.0. The fraction of sp³-hybridized carbons (Fsp3) is 0.0500. The average molecular weight is 404 g/mol. The number of nitriles is 1. The number of nitrogen functional groups attached to an aromatic ring is 1. The Morgan fingerprint density at radius 2 is 2.03 bits per heavy atom. The van der Waals surface area contributed by atoms with Crippen LogP contribution in [0.5, 0.6) is 0 Å². The number of pyridine rings is 3. The van der Waals surface area contributed by atoms with Crippen molar-refractivity contribution in [2.75, 3.05) is 17.7 Å². The number of nitrogens with zero attached hydrogens (tertiary/aromatic N) is 6. The highest BCUT2D eigenvalue weighted by Crippen LogP contribution is 2.25. The number of carbonyl (C=O) groups is 1. The highest BCUT2D eigenvalue weighted by atomic mass is 35.5. The average Bonchev–Trinajstić information content (AvgIpc) is 3.18. The summed E-state index contributed by atoms with van der Waals surface area (Å²) in [5, 5.41) is 13.7. The van der Waals surface area contributed by atoms with Crippen LogP contribution in [0.3, 0.4) is 0 Å². The van der Waals surface area contributed by atoms with Gasteiger partial charge in [-0.25, -0.2) is 14.5 Å². The molecule has 0 unspecified atom stereocenters. The summed E-state index contributed by atoms with van der Waals surface area (Å²) in [6.07, 6.45) is 4.73. The molecule has 0 fully saturated rings. The number of hydrogen-bond acceptors (Lipinski definition) is 6. The molecule has 0 saturated carbocycles. The van der Waals surface area contributed by atoms with Crippen LogP contribution in [-0.2, 0) is 0 Å². The third kappa shape index (κ3) is 3.47. The zero-order chi connectivity index (χ0) is 20.5. The van der Waals surface area contributed by atoms with Crippen molar-refractivity contribution >= 4 is 34.7 Å². The molecule has 0 radical (unpaired) electrons. The van der Waals surface area contributed by atoms with Crippen molar-refractivity contribution in [3.63, 3.8) is 0 Å². The Balaban J connectivity index is 1.65. The van der Waals surface area contributed by atoms with Gasteiger partial charge in [-0.3, -0.25) is 9.69 Å². The quantitative estimate of drug-likeness (QED) is 0.562. The standard InChI is InChI=1S/C20H14ClN7O/c1-27(18-3-2-12(9-22)10-24-18)20(29)13-4-5-28-15(6-13)8-17(26-28)14-7-16(21)19(23)25-11-14/h2-8,10-11H,1H3,(H2,23,25). The maximum atomic E-state index is 12.9. The smallest absolute Gasteiger partial charge is 0.259 e. The summed E-state index contributed by atoms with van der Waals surface area (Å²) in [6, 6.07) is 12.2. The Bertz CT molecular complexity index is 1270. The van der Waals surface area contributed by atoms with E-state index >= 15 is 0 Å². The van der Waals surface area contributed by atoms with Gasteiger partial charge in [0, 0.05) is 36.8 Å². The van der Waals surface area contributed by atoms with E-state index in [0.717, 1.165) is 11.1 Å². The molecule has 0 bridgehead atoms. The number of rotatable bonds is 3. The van der Waals surface area contributed by atoms with Crippen LogP contribution in [0, 0.1) is 11.3 Å². The van der Waals surface area contributed by atoms with E-state index < -0.39 is 0 Å². The first-order valence-corrected chi connectivity index (χ1v) is 8.89. The van der Waals surface area contributed by atoms with Crippen LogP contribution in [-0.4, -0.2) is 32.5 Å². The lowest BCUT2D eigenvalue weighted by Gasteiger charge is -2.16. The Hall–Kier alpha value is -3.96. The summed E-state index contributed by atoms with van der Waals surface area (Å²) >= 11 is 6.05. The molecular weight excluding hydrogens is 390 g/mol. The predicted octanol–water partition coefficient (Wildman–Crippen LogP) is 3.18. The molecule has 0 saturated heterocycles. The zero-order valence-electron chi connectivity index (χ0n) is 15.2. The van der Waals surface area contributed by atoms with Crippen LogP contribution in [0.2, 0.25) is 5.02 Å². The number of fused-ring (bicyclic) bond motifs is 1. The Morgan fingerprint density at radius 1 is 1.21 bits per heavy atom. The van der Waals surface area contributed by atoms with Gasteiger partial charge in [0.05, 0.1) is 21.8 Å². The lowest BCUT2D eigenvalue weighted by atomic mass is 10.2. The maximum absolute atomic E-state index is 12.9. The first kappa shape index (κ1) is 18.4. The second-order valence-corrected chi connectivity index (χ2v) is 6.69. The molecule has 4 aromatic rings. The van der Waals surface area contributed by atoms with Gasteiger partial charge in [0.15, 0.2) is 0 Å². The van der Waals surface area contributed by atoms with E-state index in [9.17, 15) is 4.79 Å². The summed E-state index contributed by atoms with van der Waals surface area (Å²) in [6.45, 7) is 0. The molecule has 29 heavy (non-hydrogen) atoms. The third-order valence-electron chi connectivity index (χ3n) is 4.40. The molecule has 9 heteroatoms. The minimum atomic E-state index is -0.232. The summed E-state index contributed by atoms with van der Waals surface area (Å²) in [7, 11) is 1.63. The molecule has 0 aliphatic rings. The normalized spacial score (nSPS) is 10.7.